The summed E-state index contributed by atoms with van der Waals surface area (Å²) in [5.74, 6) is 0.852. The van der Waals surface area contributed by atoms with Crippen LogP contribution in [-0.2, 0) is 4.74 Å². The summed E-state index contributed by atoms with van der Waals surface area (Å²) in [5, 5.41) is 0. The number of hydrogen-bond acceptors (Lipinski definition) is 2. The van der Waals surface area contributed by atoms with Crippen LogP contribution < -0.4 is 0 Å². The second-order valence-electron chi connectivity index (χ2n) is 7.01. The van der Waals surface area contributed by atoms with E-state index in [1.807, 2.05) is 0 Å². The lowest BCUT2D eigenvalue weighted by molar-refractivity contribution is -0.0519. The largest absolute Gasteiger partial charge is 0.376 e. The molecule has 1 aliphatic heterocycles. The van der Waals surface area contributed by atoms with Gasteiger partial charge in [0.15, 0.2) is 0 Å². The minimum atomic E-state index is 0.0568. The number of nitrogens with zero attached hydrogens (tertiary/aromatic N) is 1. The maximum Gasteiger partial charge on any atom is 0.0626 e. The van der Waals surface area contributed by atoms with Crippen LogP contribution in [0.2, 0.25) is 0 Å². The molecule has 0 bridgehead atoms. The SMILES string of the molecule is CCCC(C)(C)OCCC(C)(C)C1CN(C)C1. The zero-order valence-electron chi connectivity index (χ0n) is 12.7. The number of rotatable bonds is 7. The molecule has 1 heterocycles. The first-order chi connectivity index (χ1) is 7.77. The topological polar surface area (TPSA) is 12.5 Å². The Kier molecular flexibility index (Phi) is 5.03. The van der Waals surface area contributed by atoms with Gasteiger partial charge in [-0.25, -0.2) is 0 Å². The van der Waals surface area contributed by atoms with Crippen LogP contribution in [0.5, 0.6) is 0 Å². The summed E-state index contributed by atoms with van der Waals surface area (Å²) in [4.78, 5) is 2.40. The van der Waals surface area contributed by atoms with Gasteiger partial charge in [0.2, 0.25) is 0 Å². The van der Waals surface area contributed by atoms with Crippen molar-refractivity contribution in [3.63, 3.8) is 0 Å². The highest BCUT2D eigenvalue weighted by molar-refractivity contribution is 4.88. The molecule has 0 atom stereocenters. The molecule has 0 aliphatic carbocycles. The third-order valence-corrected chi connectivity index (χ3v) is 4.26. The van der Waals surface area contributed by atoms with Gasteiger partial charge in [-0.1, -0.05) is 27.2 Å². The van der Waals surface area contributed by atoms with Gasteiger partial charge in [-0.15, -0.1) is 0 Å². The van der Waals surface area contributed by atoms with E-state index in [9.17, 15) is 0 Å². The van der Waals surface area contributed by atoms with E-state index >= 15 is 0 Å². The third kappa shape index (κ3) is 4.59. The normalized spacial score (nSPS) is 19.4. The molecule has 0 N–H and O–H groups in total. The van der Waals surface area contributed by atoms with Gasteiger partial charge in [0.1, 0.15) is 0 Å². The number of hydrogen-bond donors (Lipinski definition) is 0. The van der Waals surface area contributed by atoms with Gasteiger partial charge in [0.25, 0.3) is 0 Å². The van der Waals surface area contributed by atoms with Gasteiger partial charge in [-0.3, -0.25) is 0 Å². The summed E-state index contributed by atoms with van der Waals surface area (Å²) in [5.41, 5.74) is 0.482. The zero-order valence-corrected chi connectivity index (χ0v) is 12.7. The fourth-order valence-corrected chi connectivity index (χ4v) is 2.66. The average molecular weight is 241 g/mol. The fraction of sp³-hybridized carbons (Fsp3) is 1.00. The first kappa shape index (κ1) is 15.0. The maximum atomic E-state index is 6.04. The second kappa shape index (κ2) is 5.71. The van der Waals surface area contributed by atoms with Gasteiger partial charge in [0, 0.05) is 19.7 Å². The number of likely N-dealkylation sites (tertiary alicyclic amines) is 1. The van der Waals surface area contributed by atoms with E-state index in [1.165, 1.54) is 25.9 Å². The molecule has 1 aliphatic rings. The highest BCUT2D eigenvalue weighted by Gasteiger charge is 2.36. The Morgan fingerprint density at radius 1 is 1.12 bits per heavy atom. The summed E-state index contributed by atoms with van der Waals surface area (Å²) in [7, 11) is 2.20. The molecular weight excluding hydrogens is 210 g/mol. The Bertz CT molecular complexity index is 229. The lowest BCUT2D eigenvalue weighted by Crippen LogP contribution is -2.51. The molecule has 0 unspecified atom stereocenters. The molecule has 0 aromatic carbocycles. The molecule has 102 valence electrons. The first-order valence-corrected chi connectivity index (χ1v) is 7.09. The zero-order chi connectivity index (χ0) is 13.1. The van der Waals surface area contributed by atoms with Gasteiger partial charge in [-0.05, 0) is 45.1 Å². The lowest BCUT2D eigenvalue weighted by atomic mass is 9.72. The molecule has 2 nitrogen and oxygen atoms in total. The summed E-state index contributed by atoms with van der Waals surface area (Å²) < 4.78 is 6.04. The summed E-state index contributed by atoms with van der Waals surface area (Å²) in [6, 6.07) is 0. The maximum absolute atomic E-state index is 6.04. The lowest BCUT2D eigenvalue weighted by Gasteiger charge is -2.46. The average Bonchev–Trinajstić information content (AvgIpc) is 2.12. The second-order valence-corrected chi connectivity index (χ2v) is 7.01. The number of ether oxygens (including phenoxy) is 1. The molecular formula is C15H31NO. The molecule has 0 saturated carbocycles. The molecule has 0 spiro atoms. The van der Waals surface area contributed by atoms with Gasteiger partial charge >= 0.3 is 0 Å². The van der Waals surface area contributed by atoms with E-state index in [4.69, 9.17) is 4.74 Å². The smallest absolute Gasteiger partial charge is 0.0626 e. The first-order valence-electron chi connectivity index (χ1n) is 7.09. The van der Waals surface area contributed by atoms with Gasteiger partial charge < -0.3 is 9.64 Å². The minimum Gasteiger partial charge on any atom is -0.376 e. The highest BCUT2D eigenvalue weighted by atomic mass is 16.5. The van der Waals surface area contributed by atoms with Crippen molar-refractivity contribution in [3.8, 4) is 0 Å². The molecule has 0 aromatic heterocycles. The van der Waals surface area contributed by atoms with E-state index in [0.717, 1.165) is 18.9 Å². The molecule has 1 saturated heterocycles. The summed E-state index contributed by atoms with van der Waals surface area (Å²) >= 11 is 0. The Hall–Kier alpha value is -0.0800. The van der Waals surface area contributed by atoms with E-state index in [-0.39, 0.29) is 5.60 Å². The quantitative estimate of drug-likeness (QED) is 0.676. The van der Waals surface area contributed by atoms with Gasteiger partial charge in [0.05, 0.1) is 5.60 Å². The van der Waals surface area contributed by atoms with Crippen molar-refractivity contribution in [2.24, 2.45) is 11.3 Å². The molecule has 17 heavy (non-hydrogen) atoms. The summed E-state index contributed by atoms with van der Waals surface area (Å²) in [6.07, 6.45) is 3.53. The van der Waals surface area contributed by atoms with Gasteiger partial charge in [-0.2, -0.15) is 0 Å². The molecule has 1 rings (SSSR count). The van der Waals surface area contributed by atoms with Crippen LogP contribution in [-0.4, -0.2) is 37.2 Å². The molecule has 1 fully saturated rings. The van der Waals surface area contributed by atoms with Crippen LogP contribution in [0.25, 0.3) is 0 Å². The van der Waals surface area contributed by atoms with Crippen molar-refractivity contribution in [1.29, 1.82) is 0 Å². The van der Waals surface area contributed by atoms with Crippen LogP contribution in [0.15, 0.2) is 0 Å². The highest BCUT2D eigenvalue weighted by Crippen LogP contribution is 2.36. The van der Waals surface area contributed by atoms with Crippen molar-refractivity contribution in [2.75, 3.05) is 26.7 Å². The van der Waals surface area contributed by atoms with Crippen LogP contribution in [0.1, 0.15) is 53.9 Å². The monoisotopic (exact) mass is 241 g/mol. The van der Waals surface area contributed by atoms with Crippen molar-refractivity contribution >= 4 is 0 Å². The Balaban J connectivity index is 2.25. The predicted octanol–water partition coefficient (Wildman–Crippen LogP) is 3.56. The molecule has 2 heteroatoms. The van der Waals surface area contributed by atoms with Crippen molar-refractivity contribution < 1.29 is 4.74 Å². The molecule has 0 radical (unpaired) electrons. The molecule has 0 aromatic rings. The van der Waals surface area contributed by atoms with Crippen LogP contribution in [0.3, 0.4) is 0 Å². The fourth-order valence-electron chi connectivity index (χ4n) is 2.66. The minimum absolute atomic E-state index is 0.0568. The third-order valence-electron chi connectivity index (χ3n) is 4.26. The van der Waals surface area contributed by atoms with E-state index in [2.05, 4.69) is 46.6 Å². The van der Waals surface area contributed by atoms with Crippen LogP contribution in [0.4, 0.5) is 0 Å². The van der Waals surface area contributed by atoms with Crippen molar-refractivity contribution in [2.45, 2.75) is 59.5 Å². The summed E-state index contributed by atoms with van der Waals surface area (Å²) in [6.45, 7) is 14.8. The molecule has 0 amide bonds. The predicted molar refractivity (Wildman–Crippen MR) is 74.3 cm³/mol. The Morgan fingerprint density at radius 2 is 1.71 bits per heavy atom. The van der Waals surface area contributed by atoms with Crippen molar-refractivity contribution in [3.05, 3.63) is 0 Å². The Morgan fingerprint density at radius 3 is 2.18 bits per heavy atom. The Labute approximate surface area is 108 Å². The van der Waals surface area contributed by atoms with E-state index in [0.29, 0.717) is 5.41 Å². The van der Waals surface area contributed by atoms with E-state index < -0.39 is 0 Å². The van der Waals surface area contributed by atoms with Crippen molar-refractivity contribution in [1.82, 2.24) is 4.90 Å². The van der Waals surface area contributed by atoms with Crippen LogP contribution in [0, 0.1) is 11.3 Å². The van der Waals surface area contributed by atoms with E-state index in [1.54, 1.807) is 0 Å². The standard InChI is InChI=1S/C15H31NO/c1-7-8-15(4,5)17-10-9-14(2,3)13-11-16(6)12-13/h13H,7-12H2,1-6H3. The van der Waals surface area contributed by atoms with Crippen LogP contribution >= 0.6 is 0 Å².